The van der Waals surface area contributed by atoms with E-state index in [-0.39, 0.29) is 10.0 Å². The lowest BCUT2D eigenvalue weighted by Crippen LogP contribution is -2.52. The summed E-state index contributed by atoms with van der Waals surface area (Å²) in [6.45, 7) is 2.20. The van der Waals surface area contributed by atoms with E-state index in [9.17, 15) is 8.42 Å². The molecule has 0 bridgehead atoms. The van der Waals surface area contributed by atoms with E-state index in [0.717, 1.165) is 25.7 Å². The maximum Gasteiger partial charge on any atom is 0.259 e. The SMILES string of the molecule is CC1CCC(CBr)(NS(=O)(=O)c2c(Cl)cnn2C)CC1. The van der Waals surface area contributed by atoms with Gasteiger partial charge < -0.3 is 0 Å². The third kappa shape index (κ3) is 3.21. The van der Waals surface area contributed by atoms with Crippen molar-refractivity contribution >= 4 is 37.6 Å². The van der Waals surface area contributed by atoms with Gasteiger partial charge in [-0.2, -0.15) is 5.10 Å². The highest BCUT2D eigenvalue weighted by Crippen LogP contribution is 2.35. The molecule has 5 nitrogen and oxygen atoms in total. The van der Waals surface area contributed by atoms with Crippen LogP contribution in [0.4, 0.5) is 0 Å². The van der Waals surface area contributed by atoms with Crippen LogP contribution >= 0.6 is 27.5 Å². The summed E-state index contributed by atoms with van der Waals surface area (Å²) >= 11 is 9.40. The molecule has 0 radical (unpaired) electrons. The minimum atomic E-state index is -3.68. The fraction of sp³-hybridized carbons (Fsp3) is 0.750. The molecule has 1 aliphatic carbocycles. The summed E-state index contributed by atoms with van der Waals surface area (Å²) in [5.74, 6) is 0.645. The number of aromatic nitrogens is 2. The van der Waals surface area contributed by atoms with Gasteiger partial charge in [-0.05, 0) is 31.6 Å². The van der Waals surface area contributed by atoms with Gasteiger partial charge in [0.2, 0.25) is 0 Å². The van der Waals surface area contributed by atoms with Crippen LogP contribution in [0.15, 0.2) is 11.2 Å². The quantitative estimate of drug-likeness (QED) is 0.812. The van der Waals surface area contributed by atoms with Gasteiger partial charge in [-0.25, -0.2) is 13.1 Å². The van der Waals surface area contributed by atoms with Gasteiger partial charge in [0.05, 0.1) is 11.2 Å². The molecule has 1 N–H and O–H groups in total. The summed E-state index contributed by atoms with van der Waals surface area (Å²) in [7, 11) is -2.10. The first-order valence-corrected chi connectivity index (χ1v) is 9.55. The number of sulfonamides is 1. The predicted octanol–water partition coefficient (Wildman–Crippen LogP) is 2.70. The molecule has 1 saturated carbocycles. The second-order valence-corrected chi connectivity index (χ2v) is 8.19. The van der Waals surface area contributed by atoms with Crippen molar-refractivity contribution in [1.29, 1.82) is 0 Å². The predicted molar refractivity (Wildman–Crippen MR) is 82.7 cm³/mol. The monoisotopic (exact) mass is 383 g/mol. The van der Waals surface area contributed by atoms with Gasteiger partial charge in [0.25, 0.3) is 10.0 Å². The van der Waals surface area contributed by atoms with Crippen molar-refractivity contribution in [2.75, 3.05) is 5.33 Å². The van der Waals surface area contributed by atoms with Crippen LogP contribution in [0.2, 0.25) is 5.02 Å². The summed E-state index contributed by atoms with van der Waals surface area (Å²) in [4.78, 5) is 0. The van der Waals surface area contributed by atoms with Crippen molar-refractivity contribution in [2.45, 2.75) is 43.2 Å². The number of halogens is 2. The molecule has 0 aromatic carbocycles. The lowest BCUT2D eigenvalue weighted by Gasteiger charge is -2.38. The molecule has 0 unspecified atom stereocenters. The summed E-state index contributed by atoms with van der Waals surface area (Å²) in [6, 6.07) is 0. The van der Waals surface area contributed by atoms with E-state index in [2.05, 4.69) is 32.7 Å². The van der Waals surface area contributed by atoms with Gasteiger partial charge in [-0.3, -0.25) is 4.68 Å². The van der Waals surface area contributed by atoms with Crippen molar-refractivity contribution < 1.29 is 8.42 Å². The molecule has 8 heteroatoms. The third-order valence-electron chi connectivity index (χ3n) is 3.94. The molecule has 0 amide bonds. The normalized spacial score (nSPS) is 27.7. The summed E-state index contributed by atoms with van der Waals surface area (Å²) in [6.07, 6.45) is 5.04. The Balaban J connectivity index is 2.27. The average Bonchev–Trinajstić information content (AvgIpc) is 2.72. The number of rotatable bonds is 4. The van der Waals surface area contributed by atoms with E-state index < -0.39 is 15.6 Å². The minimum absolute atomic E-state index is 0.0260. The van der Waals surface area contributed by atoms with Gasteiger partial charge in [0.15, 0.2) is 5.03 Å². The zero-order valence-corrected chi connectivity index (χ0v) is 14.7. The molecule has 0 spiro atoms. The Hall–Kier alpha value is -0.110. The molecular formula is C12H19BrClN3O2S. The van der Waals surface area contributed by atoms with Crippen LogP contribution in [0.3, 0.4) is 0 Å². The van der Waals surface area contributed by atoms with Crippen LogP contribution < -0.4 is 4.72 Å². The van der Waals surface area contributed by atoms with E-state index in [1.54, 1.807) is 7.05 Å². The Bertz CT molecular complexity index is 560. The Labute approximate surface area is 133 Å². The molecule has 0 atom stereocenters. The largest absolute Gasteiger partial charge is 0.259 e. The molecule has 1 aliphatic rings. The number of alkyl halides is 1. The maximum absolute atomic E-state index is 12.6. The first kappa shape index (κ1) is 16.3. The Kier molecular flexibility index (Phi) is 4.83. The van der Waals surface area contributed by atoms with Crippen LogP contribution in [-0.2, 0) is 17.1 Å². The number of nitrogens with zero attached hydrogens (tertiary/aromatic N) is 2. The van der Waals surface area contributed by atoms with Crippen molar-refractivity contribution in [2.24, 2.45) is 13.0 Å². The number of hydrogen-bond donors (Lipinski definition) is 1. The first-order valence-electron chi connectivity index (χ1n) is 6.57. The van der Waals surface area contributed by atoms with Gasteiger partial charge in [-0.1, -0.05) is 34.5 Å². The van der Waals surface area contributed by atoms with Crippen molar-refractivity contribution in [3.05, 3.63) is 11.2 Å². The molecule has 1 aromatic heterocycles. The van der Waals surface area contributed by atoms with Gasteiger partial charge in [0, 0.05) is 17.9 Å². The number of hydrogen-bond acceptors (Lipinski definition) is 3. The zero-order valence-electron chi connectivity index (χ0n) is 11.6. The number of nitrogens with one attached hydrogen (secondary N) is 1. The molecule has 0 aliphatic heterocycles. The third-order valence-corrected chi connectivity index (χ3v) is 7.09. The van der Waals surface area contributed by atoms with E-state index in [4.69, 9.17) is 11.6 Å². The molecule has 1 heterocycles. The molecular weight excluding hydrogens is 366 g/mol. The fourth-order valence-electron chi connectivity index (χ4n) is 2.61. The van der Waals surface area contributed by atoms with Crippen LogP contribution in [0, 0.1) is 5.92 Å². The maximum atomic E-state index is 12.6. The van der Waals surface area contributed by atoms with E-state index in [1.165, 1.54) is 10.9 Å². The highest BCUT2D eigenvalue weighted by molar-refractivity contribution is 9.09. The first-order chi connectivity index (χ1) is 9.30. The van der Waals surface area contributed by atoms with Crippen LogP contribution in [-0.4, -0.2) is 29.1 Å². The molecule has 1 aromatic rings. The van der Waals surface area contributed by atoms with Gasteiger partial charge in [-0.15, -0.1) is 0 Å². The highest BCUT2D eigenvalue weighted by atomic mass is 79.9. The van der Waals surface area contributed by atoms with Crippen molar-refractivity contribution in [1.82, 2.24) is 14.5 Å². The van der Waals surface area contributed by atoms with E-state index in [0.29, 0.717) is 11.2 Å². The van der Waals surface area contributed by atoms with E-state index in [1.807, 2.05) is 0 Å². The molecule has 1 fully saturated rings. The smallest absolute Gasteiger partial charge is 0.255 e. The average molecular weight is 385 g/mol. The van der Waals surface area contributed by atoms with Crippen LogP contribution in [0.1, 0.15) is 32.6 Å². The Morgan fingerprint density at radius 2 is 2.15 bits per heavy atom. The molecule has 20 heavy (non-hydrogen) atoms. The van der Waals surface area contributed by atoms with Crippen LogP contribution in [0.25, 0.3) is 0 Å². The van der Waals surface area contributed by atoms with Gasteiger partial charge in [0.1, 0.15) is 0 Å². The van der Waals surface area contributed by atoms with Crippen molar-refractivity contribution in [3.63, 3.8) is 0 Å². The standard InChI is InChI=1S/C12H19BrClN3O2S/c1-9-3-5-12(8-13,6-4-9)16-20(18,19)11-10(14)7-15-17(11)2/h7,9,16H,3-6,8H2,1-2H3. The van der Waals surface area contributed by atoms with E-state index >= 15 is 0 Å². The minimum Gasteiger partial charge on any atom is -0.255 e. The summed E-state index contributed by atoms with van der Waals surface area (Å²) < 4.78 is 29.3. The molecule has 0 saturated heterocycles. The topological polar surface area (TPSA) is 64.0 Å². The Morgan fingerprint density at radius 3 is 2.60 bits per heavy atom. The lowest BCUT2D eigenvalue weighted by molar-refractivity contribution is 0.249. The molecule has 2 rings (SSSR count). The second-order valence-electron chi connectivity index (χ2n) is 5.62. The van der Waals surface area contributed by atoms with Crippen molar-refractivity contribution in [3.8, 4) is 0 Å². The second kappa shape index (κ2) is 5.94. The number of aryl methyl sites for hydroxylation is 1. The summed E-state index contributed by atoms with van der Waals surface area (Å²) in [5.41, 5.74) is -0.432. The highest BCUT2D eigenvalue weighted by Gasteiger charge is 2.38. The zero-order chi connectivity index (χ0) is 15.0. The summed E-state index contributed by atoms with van der Waals surface area (Å²) in [5, 5.41) is 4.66. The lowest BCUT2D eigenvalue weighted by atomic mass is 9.79. The Morgan fingerprint density at radius 1 is 1.55 bits per heavy atom. The van der Waals surface area contributed by atoms with Crippen LogP contribution in [0.5, 0.6) is 0 Å². The fourth-order valence-corrected chi connectivity index (χ4v) is 5.62. The molecule has 114 valence electrons. The van der Waals surface area contributed by atoms with Gasteiger partial charge >= 0.3 is 0 Å².